The first kappa shape index (κ1) is 9.85. The standard InChI is InChI=1S/C6H12O6/c7-1-2(8)4(10)6(12)5(11)3(1)9/h1-12H/t1-,2-,3?,4?,5-,6+/m1/s1/i1+1/t1?,2-,3-,4-,5+,6?/m0. The lowest BCUT2D eigenvalue weighted by molar-refractivity contribution is -0.223. The maximum absolute atomic E-state index is 8.97. The first-order valence-electron chi connectivity index (χ1n) is 3.55. The molecule has 0 radical (unpaired) electrons. The lowest BCUT2D eigenvalue weighted by Crippen LogP contribution is -2.63. The van der Waals surface area contributed by atoms with E-state index in [-0.39, 0.29) is 0 Å². The average Bonchev–Trinajstić information content (AvgIpc) is 2.08. The second-order valence-corrected chi connectivity index (χ2v) is 2.94. The normalized spacial score (nSPS) is 55.5. The number of rotatable bonds is 0. The molecule has 72 valence electrons. The van der Waals surface area contributed by atoms with Gasteiger partial charge in [-0.05, 0) is 0 Å². The predicted molar refractivity (Wildman–Crippen MR) is 36.0 cm³/mol. The second-order valence-electron chi connectivity index (χ2n) is 2.94. The Bertz CT molecular complexity index is 104. The summed E-state index contributed by atoms with van der Waals surface area (Å²) >= 11 is 0. The van der Waals surface area contributed by atoms with E-state index in [1.54, 1.807) is 0 Å². The van der Waals surface area contributed by atoms with Gasteiger partial charge in [-0.1, -0.05) is 0 Å². The van der Waals surface area contributed by atoms with Gasteiger partial charge in [0.2, 0.25) is 0 Å². The summed E-state index contributed by atoms with van der Waals surface area (Å²) in [5.74, 6) is 0. The number of aliphatic hydroxyl groups excluding tert-OH is 6. The summed E-state index contributed by atoms with van der Waals surface area (Å²) < 4.78 is 0. The van der Waals surface area contributed by atoms with E-state index in [4.69, 9.17) is 30.6 Å². The highest BCUT2D eigenvalue weighted by molar-refractivity contribution is 4.98. The maximum atomic E-state index is 8.97. The zero-order valence-electron chi connectivity index (χ0n) is 6.15. The summed E-state index contributed by atoms with van der Waals surface area (Å²) in [6, 6.07) is 0. The quantitative estimate of drug-likeness (QED) is 0.213. The van der Waals surface area contributed by atoms with E-state index in [2.05, 4.69) is 0 Å². The fourth-order valence-electron chi connectivity index (χ4n) is 1.21. The molecule has 1 saturated carbocycles. The first-order chi connectivity index (χ1) is 5.46. The van der Waals surface area contributed by atoms with E-state index in [1.807, 2.05) is 0 Å². The highest BCUT2D eigenvalue weighted by Crippen LogP contribution is 2.20. The van der Waals surface area contributed by atoms with Gasteiger partial charge in [0.15, 0.2) is 0 Å². The monoisotopic (exact) mass is 181 g/mol. The molecule has 1 fully saturated rings. The van der Waals surface area contributed by atoms with Crippen molar-refractivity contribution in [3.63, 3.8) is 0 Å². The molecule has 0 heterocycles. The van der Waals surface area contributed by atoms with Crippen molar-refractivity contribution in [2.75, 3.05) is 0 Å². The SMILES string of the molecule is OC1[C@@H](O)[C@@H](O)[13CH](O)[C@H](O)[C@H]1O. The summed E-state index contributed by atoms with van der Waals surface area (Å²) in [6.07, 6.45) is -9.84. The molecule has 0 amide bonds. The Morgan fingerprint density at radius 1 is 0.333 bits per heavy atom. The van der Waals surface area contributed by atoms with Crippen molar-refractivity contribution >= 4 is 0 Å². The molecule has 0 bridgehead atoms. The molecule has 1 aliphatic carbocycles. The fraction of sp³-hybridized carbons (Fsp3) is 1.00. The Morgan fingerprint density at radius 3 is 0.500 bits per heavy atom. The summed E-state index contributed by atoms with van der Waals surface area (Å²) in [5.41, 5.74) is 0. The highest BCUT2D eigenvalue weighted by atomic mass is 16.5. The third-order valence-corrected chi connectivity index (χ3v) is 2.10. The van der Waals surface area contributed by atoms with Gasteiger partial charge in [0.05, 0.1) is 0 Å². The topological polar surface area (TPSA) is 121 Å². The lowest BCUT2D eigenvalue weighted by Gasteiger charge is -2.39. The fourth-order valence-corrected chi connectivity index (χ4v) is 1.21. The summed E-state index contributed by atoms with van der Waals surface area (Å²) in [4.78, 5) is 0. The Morgan fingerprint density at radius 2 is 0.417 bits per heavy atom. The van der Waals surface area contributed by atoms with E-state index in [0.717, 1.165) is 0 Å². The van der Waals surface area contributed by atoms with E-state index in [9.17, 15) is 0 Å². The minimum Gasteiger partial charge on any atom is -0.387 e. The molecule has 1 aliphatic rings. The van der Waals surface area contributed by atoms with E-state index < -0.39 is 36.6 Å². The van der Waals surface area contributed by atoms with Gasteiger partial charge in [-0.2, -0.15) is 0 Å². The van der Waals surface area contributed by atoms with Crippen molar-refractivity contribution in [2.45, 2.75) is 36.6 Å². The van der Waals surface area contributed by atoms with Crippen LogP contribution in [0.1, 0.15) is 0 Å². The molecule has 0 aliphatic heterocycles. The molecule has 12 heavy (non-hydrogen) atoms. The Labute approximate surface area is 68.3 Å². The van der Waals surface area contributed by atoms with Crippen LogP contribution in [-0.2, 0) is 0 Å². The molecule has 6 N–H and O–H groups in total. The molecular weight excluding hydrogens is 169 g/mol. The minimum absolute atomic E-state index is 1.64. The third kappa shape index (κ3) is 1.33. The molecular formula is C6H12O6. The zero-order valence-corrected chi connectivity index (χ0v) is 6.15. The van der Waals surface area contributed by atoms with E-state index in [0.29, 0.717) is 0 Å². The molecule has 1 rings (SSSR count). The van der Waals surface area contributed by atoms with Gasteiger partial charge in [-0.25, -0.2) is 0 Å². The van der Waals surface area contributed by atoms with Crippen LogP contribution in [0.4, 0.5) is 0 Å². The third-order valence-electron chi connectivity index (χ3n) is 2.10. The Kier molecular flexibility index (Phi) is 2.67. The number of hydrogen-bond acceptors (Lipinski definition) is 6. The maximum Gasteiger partial charge on any atom is 0.111 e. The zero-order chi connectivity index (χ0) is 9.46. The lowest BCUT2D eigenvalue weighted by atomic mass is 9.96. The van der Waals surface area contributed by atoms with Crippen LogP contribution >= 0.6 is 0 Å². The Balaban J connectivity index is 2.76. The van der Waals surface area contributed by atoms with Crippen molar-refractivity contribution in [1.29, 1.82) is 0 Å². The van der Waals surface area contributed by atoms with E-state index in [1.165, 1.54) is 0 Å². The van der Waals surface area contributed by atoms with Gasteiger partial charge in [-0.3, -0.25) is 0 Å². The van der Waals surface area contributed by atoms with Crippen molar-refractivity contribution in [1.82, 2.24) is 0 Å². The van der Waals surface area contributed by atoms with Crippen molar-refractivity contribution in [3.05, 3.63) is 0 Å². The first-order valence-corrected chi connectivity index (χ1v) is 3.55. The van der Waals surface area contributed by atoms with Crippen LogP contribution in [0.5, 0.6) is 0 Å². The largest absolute Gasteiger partial charge is 0.387 e. The molecule has 0 aromatic carbocycles. The van der Waals surface area contributed by atoms with Gasteiger partial charge in [0.1, 0.15) is 36.6 Å². The van der Waals surface area contributed by atoms with Crippen LogP contribution in [-0.4, -0.2) is 67.3 Å². The van der Waals surface area contributed by atoms with Crippen LogP contribution in [0.2, 0.25) is 0 Å². The van der Waals surface area contributed by atoms with E-state index >= 15 is 0 Å². The summed E-state index contributed by atoms with van der Waals surface area (Å²) in [5, 5.41) is 53.8. The highest BCUT2D eigenvalue weighted by Gasteiger charge is 2.47. The molecule has 0 aromatic heterocycles. The van der Waals surface area contributed by atoms with Crippen molar-refractivity contribution in [2.24, 2.45) is 0 Å². The van der Waals surface area contributed by atoms with Crippen LogP contribution < -0.4 is 0 Å². The smallest absolute Gasteiger partial charge is 0.111 e. The minimum atomic E-state index is -1.64. The van der Waals surface area contributed by atoms with Gasteiger partial charge in [0.25, 0.3) is 0 Å². The van der Waals surface area contributed by atoms with Crippen molar-refractivity contribution < 1.29 is 30.6 Å². The Hall–Kier alpha value is -0.240. The van der Waals surface area contributed by atoms with Crippen molar-refractivity contribution in [3.8, 4) is 0 Å². The summed E-state index contributed by atoms with van der Waals surface area (Å²) in [7, 11) is 0. The second kappa shape index (κ2) is 3.25. The summed E-state index contributed by atoms with van der Waals surface area (Å²) in [6.45, 7) is 0. The van der Waals surface area contributed by atoms with Gasteiger partial charge in [0, 0.05) is 0 Å². The van der Waals surface area contributed by atoms with Crippen LogP contribution in [0, 0.1) is 0 Å². The molecule has 6 nitrogen and oxygen atoms in total. The number of aliphatic hydroxyl groups is 6. The molecule has 0 saturated heterocycles. The van der Waals surface area contributed by atoms with Crippen LogP contribution in [0.15, 0.2) is 0 Å². The van der Waals surface area contributed by atoms with Crippen LogP contribution in [0.3, 0.4) is 0 Å². The van der Waals surface area contributed by atoms with Gasteiger partial charge >= 0.3 is 0 Å². The molecule has 0 spiro atoms. The molecule has 6 heteroatoms. The molecule has 6 atom stereocenters. The molecule has 2 unspecified atom stereocenters. The molecule has 0 aromatic rings. The van der Waals surface area contributed by atoms with Crippen LogP contribution in [0.25, 0.3) is 0 Å². The predicted octanol–water partition coefficient (Wildman–Crippen LogP) is -3.83. The van der Waals surface area contributed by atoms with Gasteiger partial charge < -0.3 is 30.6 Å². The average molecular weight is 181 g/mol. The number of hydrogen-bond donors (Lipinski definition) is 6. The van der Waals surface area contributed by atoms with Gasteiger partial charge in [-0.15, -0.1) is 0 Å².